The van der Waals surface area contributed by atoms with E-state index < -0.39 is 5.37 Å². The van der Waals surface area contributed by atoms with Crippen LogP contribution >= 0.6 is 23.4 Å². The summed E-state index contributed by atoms with van der Waals surface area (Å²) in [4.78, 5) is 25.5. The fourth-order valence-electron chi connectivity index (χ4n) is 2.49. The number of nitrogens with one attached hydrogen (secondary N) is 1. The molecule has 0 unspecified atom stereocenters. The average Bonchev–Trinajstić information content (AvgIpc) is 2.72. The first-order valence-corrected chi connectivity index (χ1v) is 9.87. The molecule has 0 aliphatic heterocycles. The van der Waals surface area contributed by atoms with Gasteiger partial charge in [0.25, 0.3) is 5.91 Å². The van der Waals surface area contributed by atoms with Crippen LogP contribution in [0.2, 0.25) is 5.02 Å². The van der Waals surface area contributed by atoms with Crippen molar-refractivity contribution < 1.29 is 9.59 Å². The van der Waals surface area contributed by atoms with E-state index in [9.17, 15) is 9.59 Å². The average molecular weight is 396 g/mol. The SMILES string of the molecule is O=C(N[C@@H](SCc1ccccc1)C(=O)c1ccc(Cl)cc1)c1ccccc1. The Morgan fingerprint density at radius 2 is 1.41 bits per heavy atom. The summed E-state index contributed by atoms with van der Waals surface area (Å²) in [6, 6.07) is 25.4. The second-order valence-electron chi connectivity index (χ2n) is 5.89. The van der Waals surface area contributed by atoms with Gasteiger partial charge in [-0.1, -0.05) is 60.1 Å². The van der Waals surface area contributed by atoms with E-state index in [1.54, 1.807) is 48.5 Å². The largest absolute Gasteiger partial charge is 0.333 e. The molecule has 1 amide bonds. The summed E-state index contributed by atoms with van der Waals surface area (Å²) in [6.45, 7) is 0. The maximum Gasteiger partial charge on any atom is 0.252 e. The van der Waals surface area contributed by atoms with Crippen molar-refractivity contribution in [2.24, 2.45) is 0 Å². The number of rotatable bonds is 7. The molecule has 3 nitrogen and oxygen atoms in total. The highest BCUT2D eigenvalue weighted by atomic mass is 35.5. The maximum atomic E-state index is 13.0. The van der Waals surface area contributed by atoms with Gasteiger partial charge in [-0.3, -0.25) is 9.59 Å². The summed E-state index contributed by atoms with van der Waals surface area (Å²) >= 11 is 7.31. The zero-order valence-electron chi connectivity index (χ0n) is 14.5. The Kier molecular flexibility index (Phi) is 6.69. The van der Waals surface area contributed by atoms with Gasteiger partial charge in [-0.2, -0.15) is 0 Å². The van der Waals surface area contributed by atoms with Gasteiger partial charge < -0.3 is 5.32 Å². The first-order chi connectivity index (χ1) is 13.1. The van der Waals surface area contributed by atoms with Gasteiger partial charge in [0.2, 0.25) is 0 Å². The molecule has 3 aromatic carbocycles. The monoisotopic (exact) mass is 395 g/mol. The minimum atomic E-state index is -0.695. The molecule has 5 heteroatoms. The van der Waals surface area contributed by atoms with Crippen LogP contribution in [0.5, 0.6) is 0 Å². The van der Waals surface area contributed by atoms with Gasteiger partial charge in [0, 0.05) is 21.9 Å². The summed E-state index contributed by atoms with van der Waals surface area (Å²) in [5.41, 5.74) is 2.12. The third kappa shape index (κ3) is 5.46. The van der Waals surface area contributed by atoms with Crippen LogP contribution in [0, 0.1) is 0 Å². The topological polar surface area (TPSA) is 46.2 Å². The predicted octanol–water partition coefficient (Wildman–Crippen LogP) is 5.21. The van der Waals surface area contributed by atoms with E-state index in [-0.39, 0.29) is 11.7 Å². The molecule has 0 aromatic heterocycles. The highest BCUT2D eigenvalue weighted by Crippen LogP contribution is 2.21. The Morgan fingerprint density at radius 1 is 0.815 bits per heavy atom. The Bertz CT molecular complexity index is 899. The molecule has 0 saturated heterocycles. The van der Waals surface area contributed by atoms with Gasteiger partial charge in [-0.25, -0.2) is 0 Å². The van der Waals surface area contributed by atoms with Gasteiger partial charge in [0.1, 0.15) is 5.37 Å². The molecule has 0 radical (unpaired) electrons. The number of carbonyl (C=O) groups excluding carboxylic acids is 2. The van der Waals surface area contributed by atoms with Crippen molar-refractivity contribution in [1.82, 2.24) is 5.32 Å². The van der Waals surface area contributed by atoms with E-state index in [0.29, 0.717) is 21.9 Å². The second kappa shape index (κ2) is 9.40. The van der Waals surface area contributed by atoms with Gasteiger partial charge in [0.15, 0.2) is 5.78 Å². The quantitative estimate of drug-likeness (QED) is 0.441. The lowest BCUT2D eigenvalue weighted by Crippen LogP contribution is -2.38. The van der Waals surface area contributed by atoms with Crippen molar-refractivity contribution in [2.45, 2.75) is 11.1 Å². The number of halogens is 1. The Morgan fingerprint density at radius 3 is 2.04 bits per heavy atom. The highest BCUT2D eigenvalue weighted by molar-refractivity contribution is 7.99. The van der Waals surface area contributed by atoms with Crippen LogP contribution in [-0.4, -0.2) is 17.1 Å². The molecule has 3 aromatic rings. The van der Waals surface area contributed by atoms with Gasteiger partial charge >= 0.3 is 0 Å². The van der Waals surface area contributed by atoms with Crippen molar-refractivity contribution in [3.8, 4) is 0 Å². The van der Waals surface area contributed by atoms with Gasteiger partial charge in [-0.05, 0) is 42.0 Å². The molecule has 0 fully saturated rings. The lowest BCUT2D eigenvalue weighted by atomic mass is 10.1. The molecule has 27 heavy (non-hydrogen) atoms. The summed E-state index contributed by atoms with van der Waals surface area (Å²) < 4.78 is 0. The molecule has 0 saturated carbocycles. The molecule has 0 bridgehead atoms. The lowest BCUT2D eigenvalue weighted by Gasteiger charge is -2.18. The van der Waals surface area contributed by atoms with Crippen LogP contribution in [0.25, 0.3) is 0 Å². The van der Waals surface area contributed by atoms with Crippen LogP contribution in [-0.2, 0) is 5.75 Å². The number of carbonyl (C=O) groups is 2. The fourth-order valence-corrected chi connectivity index (χ4v) is 3.65. The number of hydrogen-bond acceptors (Lipinski definition) is 3. The van der Waals surface area contributed by atoms with E-state index in [4.69, 9.17) is 11.6 Å². The van der Waals surface area contributed by atoms with Crippen LogP contribution in [0.4, 0.5) is 0 Å². The summed E-state index contributed by atoms with van der Waals surface area (Å²) in [5.74, 6) is 0.181. The molecule has 1 atom stereocenters. The predicted molar refractivity (Wildman–Crippen MR) is 111 cm³/mol. The van der Waals surface area contributed by atoms with E-state index in [2.05, 4.69) is 5.32 Å². The minimum Gasteiger partial charge on any atom is -0.333 e. The summed E-state index contributed by atoms with van der Waals surface area (Å²) in [5, 5.41) is 2.73. The van der Waals surface area contributed by atoms with Crippen LogP contribution in [0.1, 0.15) is 26.3 Å². The smallest absolute Gasteiger partial charge is 0.252 e. The van der Waals surface area contributed by atoms with E-state index in [0.717, 1.165) is 5.56 Å². The first-order valence-electron chi connectivity index (χ1n) is 8.45. The maximum absolute atomic E-state index is 13.0. The van der Waals surface area contributed by atoms with Crippen molar-refractivity contribution in [3.05, 3.63) is 107 Å². The van der Waals surface area contributed by atoms with Gasteiger partial charge in [0.05, 0.1) is 0 Å². The highest BCUT2D eigenvalue weighted by Gasteiger charge is 2.23. The molecular formula is C22H18ClNO2S. The number of Topliss-reactive ketones (excluding diaryl/α,β-unsaturated/α-hetero) is 1. The normalized spacial score (nSPS) is 11.6. The van der Waals surface area contributed by atoms with Gasteiger partial charge in [-0.15, -0.1) is 11.8 Å². The number of benzene rings is 3. The molecule has 136 valence electrons. The van der Waals surface area contributed by atoms with Crippen LogP contribution in [0.3, 0.4) is 0 Å². The van der Waals surface area contributed by atoms with Crippen molar-refractivity contribution in [3.63, 3.8) is 0 Å². The standard InChI is InChI=1S/C22H18ClNO2S/c23-19-13-11-17(12-14-19)20(25)22(27-15-16-7-3-1-4-8-16)24-21(26)18-9-5-2-6-10-18/h1-14,22H,15H2,(H,24,26)/t22-/m0/s1. The molecule has 3 rings (SSSR count). The Balaban J connectivity index is 1.78. The Labute approximate surface area is 167 Å². The number of amides is 1. The first kappa shape index (κ1) is 19.2. The molecule has 0 heterocycles. The number of thioether (sulfide) groups is 1. The molecule has 0 spiro atoms. The number of ketones is 1. The molecule has 0 aliphatic carbocycles. The van der Waals surface area contributed by atoms with Crippen LogP contribution in [0.15, 0.2) is 84.9 Å². The Hall–Kier alpha value is -2.56. The van der Waals surface area contributed by atoms with Crippen LogP contribution < -0.4 is 5.32 Å². The molecule has 1 N–H and O–H groups in total. The summed E-state index contributed by atoms with van der Waals surface area (Å²) in [7, 11) is 0. The number of hydrogen-bond donors (Lipinski definition) is 1. The third-order valence-electron chi connectivity index (χ3n) is 3.92. The van der Waals surface area contributed by atoms with E-state index in [1.807, 2.05) is 36.4 Å². The molecular weight excluding hydrogens is 378 g/mol. The summed E-state index contributed by atoms with van der Waals surface area (Å²) in [6.07, 6.45) is 0. The van der Waals surface area contributed by atoms with E-state index in [1.165, 1.54) is 11.8 Å². The van der Waals surface area contributed by atoms with Crippen molar-refractivity contribution in [1.29, 1.82) is 0 Å². The second-order valence-corrected chi connectivity index (χ2v) is 7.42. The third-order valence-corrected chi connectivity index (χ3v) is 5.34. The van der Waals surface area contributed by atoms with E-state index >= 15 is 0 Å². The minimum absolute atomic E-state index is 0.156. The van der Waals surface area contributed by atoms with Crippen molar-refractivity contribution in [2.75, 3.05) is 0 Å². The zero-order valence-corrected chi connectivity index (χ0v) is 16.0. The molecule has 0 aliphatic rings. The zero-order chi connectivity index (χ0) is 19.1. The lowest BCUT2D eigenvalue weighted by molar-refractivity contribution is 0.0892. The fraction of sp³-hybridized carbons (Fsp3) is 0.0909. The van der Waals surface area contributed by atoms with Crippen molar-refractivity contribution >= 4 is 35.1 Å².